The molecular formula is C23H21N3O2S2. The van der Waals surface area contributed by atoms with Crippen LogP contribution in [-0.2, 0) is 9.59 Å². The Bertz CT molecular complexity index is 1100. The third-order valence-electron chi connectivity index (χ3n) is 6.68. The fourth-order valence-corrected chi connectivity index (χ4v) is 8.49. The van der Waals surface area contributed by atoms with Crippen LogP contribution >= 0.6 is 21.6 Å². The van der Waals surface area contributed by atoms with Crippen LogP contribution in [0.15, 0.2) is 54.6 Å². The van der Waals surface area contributed by atoms with Crippen molar-refractivity contribution in [1.29, 1.82) is 5.26 Å². The van der Waals surface area contributed by atoms with Crippen LogP contribution in [0.25, 0.3) is 11.1 Å². The summed E-state index contributed by atoms with van der Waals surface area (Å²) in [6.45, 7) is 3.67. The maximum Gasteiger partial charge on any atom is 0.261 e. The summed E-state index contributed by atoms with van der Waals surface area (Å²) >= 11 is 0. The fraction of sp³-hybridized carbons (Fsp3) is 0.348. The lowest BCUT2D eigenvalue weighted by molar-refractivity contribution is -0.164. The van der Waals surface area contributed by atoms with Gasteiger partial charge in [0, 0.05) is 13.5 Å². The van der Waals surface area contributed by atoms with E-state index in [4.69, 9.17) is 0 Å². The van der Waals surface area contributed by atoms with Crippen LogP contribution in [0.3, 0.4) is 0 Å². The summed E-state index contributed by atoms with van der Waals surface area (Å²) in [4.78, 5) is 28.3. The minimum atomic E-state index is -1.03. The van der Waals surface area contributed by atoms with Crippen molar-refractivity contribution in [3.63, 3.8) is 0 Å². The van der Waals surface area contributed by atoms with E-state index in [1.807, 2.05) is 49.4 Å². The van der Waals surface area contributed by atoms with E-state index in [1.165, 1.54) is 21.6 Å². The standard InChI is InChI=1S/C23H21N3O2S2/c1-21(14-24)13-23-20(28)25(3)22(2,29-30-23)19(27)26(23)18(21)17-11-9-16(10-12-17)15-7-5-4-6-8-15/h4-12,18H,13H2,1-3H3/t18?,21-,22?,23?/m1/s1. The molecule has 5 nitrogen and oxygen atoms in total. The monoisotopic (exact) mass is 435 g/mol. The first-order valence-electron chi connectivity index (χ1n) is 9.82. The second kappa shape index (κ2) is 6.29. The van der Waals surface area contributed by atoms with Gasteiger partial charge >= 0.3 is 0 Å². The molecule has 0 aliphatic carbocycles. The number of carbonyl (C=O) groups is 2. The molecule has 4 heterocycles. The summed E-state index contributed by atoms with van der Waals surface area (Å²) in [7, 11) is 4.56. The highest BCUT2D eigenvalue weighted by Gasteiger charge is 2.74. The number of benzene rings is 2. The average molecular weight is 436 g/mol. The molecule has 30 heavy (non-hydrogen) atoms. The van der Waals surface area contributed by atoms with Crippen molar-refractivity contribution in [2.45, 2.75) is 36.1 Å². The molecule has 2 amide bonds. The summed E-state index contributed by atoms with van der Waals surface area (Å²) < 4.78 is 0. The number of nitriles is 1. The van der Waals surface area contributed by atoms with Crippen LogP contribution in [0.1, 0.15) is 31.9 Å². The van der Waals surface area contributed by atoms with E-state index in [1.54, 1.807) is 23.8 Å². The van der Waals surface area contributed by atoms with Crippen LogP contribution < -0.4 is 0 Å². The van der Waals surface area contributed by atoms with Crippen LogP contribution in [0, 0.1) is 16.7 Å². The third kappa shape index (κ3) is 2.32. The topological polar surface area (TPSA) is 64.4 Å². The lowest BCUT2D eigenvalue weighted by Crippen LogP contribution is -2.73. The summed E-state index contributed by atoms with van der Waals surface area (Å²) in [5.74, 6) is -0.178. The van der Waals surface area contributed by atoms with Gasteiger partial charge in [-0.1, -0.05) is 76.2 Å². The Morgan fingerprint density at radius 2 is 1.60 bits per heavy atom. The number of hydrogen-bond donors (Lipinski definition) is 0. The van der Waals surface area contributed by atoms with E-state index in [-0.39, 0.29) is 11.8 Å². The number of nitrogens with zero attached hydrogens (tertiary/aromatic N) is 3. The largest absolute Gasteiger partial charge is 0.319 e. The summed E-state index contributed by atoms with van der Waals surface area (Å²) in [5, 5.41) is 10.1. The zero-order chi connectivity index (χ0) is 21.3. The first-order chi connectivity index (χ1) is 14.3. The molecule has 0 radical (unpaired) electrons. The number of amides is 2. The molecule has 4 saturated heterocycles. The molecule has 0 saturated carbocycles. The number of hydrogen-bond acceptors (Lipinski definition) is 5. The van der Waals surface area contributed by atoms with E-state index in [0.29, 0.717) is 6.42 Å². The quantitative estimate of drug-likeness (QED) is 0.653. The van der Waals surface area contributed by atoms with E-state index in [9.17, 15) is 14.9 Å². The van der Waals surface area contributed by atoms with Gasteiger partial charge in [0.1, 0.15) is 0 Å². The molecule has 4 aliphatic rings. The van der Waals surface area contributed by atoms with Crippen LogP contribution in [0.5, 0.6) is 0 Å². The molecule has 0 N–H and O–H groups in total. The van der Waals surface area contributed by atoms with Crippen LogP contribution in [-0.4, -0.2) is 38.4 Å². The van der Waals surface area contributed by atoms with Crippen molar-refractivity contribution in [3.05, 3.63) is 60.2 Å². The van der Waals surface area contributed by atoms with Crippen LogP contribution in [0.4, 0.5) is 0 Å². The number of carbonyl (C=O) groups excluding carboxylic acids is 2. The highest BCUT2D eigenvalue weighted by molar-refractivity contribution is 8.78. The number of rotatable bonds is 2. The maximum absolute atomic E-state index is 13.6. The van der Waals surface area contributed by atoms with Crippen molar-refractivity contribution in [3.8, 4) is 17.2 Å². The predicted molar refractivity (Wildman–Crippen MR) is 119 cm³/mol. The minimum Gasteiger partial charge on any atom is -0.319 e. The van der Waals surface area contributed by atoms with Crippen molar-refractivity contribution in [2.24, 2.45) is 5.41 Å². The Morgan fingerprint density at radius 1 is 0.967 bits per heavy atom. The van der Waals surface area contributed by atoms with Crippen LogP contribution in [0.2, 0.25) is 0 Å². The number of likely N-dealkylation sites (N-methyl/N-ethyl adjacent to an activating group) is 1. The van der Waals surface area contributed by atoms with Gasteiger partial charge < -0.3 is 9.80 Å². The summed E-state index contributed by atoms with van der Waals surface area (Å²) in [6, 6.07) is 20.1. The van der Waals surface area contributed by atoms with Gasteiger partial charge in [0.25, 0.3) is 11.8 Å². The zero-order valence-electron chi connectivity index (χ0n) is 17.0. The fourth-order valence-electron chi connectivity index (χ4n) is 4.91. The molecule has 4 atom stereocenters. The summed E-state index contributed by atoms with van der Waals surface area (Å²) in [6.07, 6.45) is 0.324. The van der Waals surface area contributed by atoms with Gasteiger partial charge in [-0.15, -0.1) is 0 Å². The first-order valence-corrected chi connectivity index (χ1v) is 12.0. The van der Waals surface area contributed by atoms with E-state index >= 15 is 0 Å². The molecule has 7 heteroatoms. The van der Waals surface area contributed by atoms with Gasteiger partial charge in [0.05, 0.1) is 17.5 Å². The highest BCUT2D eigenvalue weighted by atomic mass is 33.1. The van der Waals surface area contributed by atoms with Gasteiger partial charge in [0.15, 0.2) is 9.74 Å². The predicted octanol–water partition coefficient (Wildman–Crippen LogP) is 4.44. The van der Waals surface area contributed by atoms with Gasteiger partial charge in [-0.2, -0.15) is 5.26 Å². The SMILES string of the molecule is CN1C(=O)C23C[C@](C)(C#N)C(c4ccc(-c5ccccc5)cc4)N2C(=O)C1(C)SS3. The third-order valence-corrected chi connectivity index (χ3v) is 10.4. The Labute approximate surface area is 183 Å². The van der Waals surface area contributed by atoms with E-state index in [0.717, 1.165) is 16.7 Å². The molecule has 4 fully saturated rings. The molecule has 2 aromatic rings. The molecule has 152 valence electrons. The van der Waals surface area contributed by atoms with Gasteiger partial charge in [-0.3, -0.25) is 9.59 Å². The Morgan fingerprint density at radius 3 is 2.23 bits per heavy atom. The van der Waals surface area contributed by atoms with E-state index < -0.39 is 21.2 Å². The second-order valence-electron chi connectivity index (χ2n) is 8.57. The highest BCUT2D eigenvalue weighted by Crippen LogP contribution is 2.69. The molecule has 3 unspecified atom stereocenters. The first kappa shape index (κ1) is 19.5. The Hall–Kier alpha value is -2.43. The lowest BCUT2D eigenvalue weighted by atomic mass is 9.79. The molecule has 1 spiro atoms. The Kier molecular flexibility index (Phi) is 4.09. The lowest BCUT2D eigenvalue weighted by Gasteiger charge is -2.57. The number of piperazine rings is 1. The van der Waals surface area contributed by atoms with Gasteiger partial charge in [-0.25, -0.2) is 0 Å². The molecule has 4 aliphatic heterocycles. The average Bonchev–Trinajstić information content (AvgIpc) is 3.06. The Balaban J connectivity index is 1.62. The molecule has 2 aromatic carbocycles. The van der Waals surface area contributed by atoms with Gasteiger partial charge in [0.2, 0.25) is 0 Å². The molecular weight excluding hydrogens is 414 g/mol. The maximum atomic E-state index is 13.6. The van der Waals surface area contributed by atoms with Crippen molar-refractivity contribution in [1.82, 2.24) is 9.80 Å². The van der Waals surface area contributed by atoms with Crippen molar-refractivity contribution in [2.75, 3.05) is 7.05 Å². The molecule has 2 bridgehead atoms. The number of fused-ring (bicyclic) bond motifs is 2. The summed E-state index contributed by atoms with van der Waals surface area (Å²) in [5.41, 5.74) is 2.22. The molecule has 0 aromatic heterocycles. The zero-order valence-corrected chi connectivity index (χ0v) is 18.6. The smallest absolute Gasteiger partial charge is 0.261 e. The normalized spacial score (nSPS) is 34.8. The van der Waals surface area contributed by atoms with E-state index in [2.05, 4.69) is 18.2 Å². The second-order valence-corrected chi connectivity index (χ2v) is 11.4. The van der Waals surface area contributed by atoms with Crippen molar-refractivity contribution < 1.29 is 9.59 Å². The van der Waals surface area contributed by atoms with Gasteiger partial charge in [-0.05, 0) is 30.5 Å². The molecule has 6 rings (SSSR count). The minimum absolute atomic E-state index is 0.0850. The van der Waals surface area contributed by atoms with Crippen molar-refractivity contribution >= 4 is 33.4 Å².